The molecule has 0 saturated carbocycles. The van der Waals surface area contributed by atoms with Crippen molar-refractivity contribution in [3.05, 3.63) is 84.1 Å². The topological polar surface area (TPSA) is 85.0 Å². The zero-order chi connectivity index (χ0) is 25.3. The average molecular weight is 491 g/mol. The minimum atomic E-state index is -4.44. The number of hydrogen-bond donors (Lipinski definition) is 2. The molecule has 36 heavy (non-hydrogen) atoms. The number of ether oxygens (including phenoxy) is 2. The average Bonchev–Trinajstić information content (AvgIpc) is 3.33. The van der Waals surface area contributed by atoms with E-state index in [1.54, 1.807) is 19.4 Å². The number of hydrogen-bond acceptors (Lipinski definition) is 6. The third-order valence-electron chi connectivity index (χ3n) is 5.52. The molecule has 0 spiro atoms. The van der Waals surface area contributed by atoms with Crippen molar-refractivity contribution in [3.63, 3.8) is 0 Å². The normalized spacial score (nSPS) is 11.5. The monoisotopic (exact) mass is 491 g/mol. The lowest BCUT2D eigenvalue weighted by Gasteiger charge is -2.12. The molecular formula is C26H20F3N5O2. The van der Waals surface area contributed by atoms with Crippen molar-refractivity contribution in [2.45, 2.75) is 13.1 Å². The van der Waals surface area contributed by atoms with Crippen LogP contribution in [-0.4, -0.2) is 27.3 Å². The van der Waals surface area contributed by atoms with Gasteiger partial charge in [-0.3, -0.25) is 10.1 Å². The summed E-state index contributed by atoms with van der Waals surface area (Å²) in [5.74, 6) is 2.51. The number of benzene rings is 3. The highest BCUT2D eigenvalue weighted by Crippen LogP contribution is 2.35. The summed E-state index contributed by atoms with van der Waals surface area (Å²) in [5.41, 5.74) is 1.80. The Morgan fingerprint density at radius 2 is 1.81 bits per heavy atom. The zero-order valence-electron chi connectivity index (χ0n) is 19.2. The van der Waals surface area contributed by atoms with E-state index in [2.05, 4.69) is 25.5 Å². The number of pyridine rings is 1. The van der Waals surface area contributed by atoms with Crippen LogP contribution in [0, 0.1) is 6.92 Å². The number of nitrogens with zero attached hydrogens (tertiary/aromatic N) is 3. The summed E-state index contributed by atoms with van der Waals surface area (Å²) < 4.78 is 50.5. The van der Waals surface area contributed by atoms with Crippen LogP contribution in [0.5, 0.6) is 17.2 Å². The lowest BCUT2D eigenvalue weighted by molar-refractivity contribution is -0.137. The molecule has 0 unspecified atom stereocenters. The van der Waals surface area contributed by atoms with Crippen LogP contribution in [-0.2, 0) is 6.18 Å². The van der Waals surface area contributed by atoms with E-state index in [-0.39, 0.29) is 11.6 Å². The first-order valence-electron chi connectivity index (χ1n) is 10.9. The van der Waals surface area contributed by atoms with Gasteiger partial charge in [0.25, 0.3) is 0 Å². The van der Waals surface area contributed by atoms with Crippen molar-refractivity contribution in [2.75, 3.05) is 12.4 Å². The fourth-order valence-corrected chi connectivity index (χ4v) is 3.64. The van der Waals surface area contributed by atoms with Crippen LogP contribution >= 0.6 is 0 Å². The highest BCUT2D eigenvalue weighted by molar-refractivity contribution is 5.86. The molecule has 5 aromatic rings. The number of halogens is 3. The molecule has 0 aliphatic rings. The highest BCUT2D eigenvalue weighted by Gasteiger charge is 2.30. The molecule has 182 valence electrons. The molecule has 10 heteroatoms. The molecule has 0 aliphatic heterocycles. The Hall–Kier alpha value is -4.60. The molecule has 5 rings (SSSR count). The van der Waals surface area contributed by atoms with Gasteiger partial charge in [-0.05, 0) is 55.0 Å². The van der Waals surface area contributed by atoms with Gasteiger partial charge >= 0.3 is 6.18 Å². The van der Waals surface area contributed by atoms with Gasteiger partial charge in [0, 0.05) is 28.9 Å². The van der Waals surface area contributed by atoms with Crippen LogP contribution in [0.2, 0.25) is 0 Å². The predicted molar refractivity (Wildman–Crippen MR) is 130 cm³/mol. The molecule has 0 amide bonds. The Morgan fingerprint density at radius 1 is 0.944 bits per heavy atom. The maximum Gasteiger partial charge on any atom is 0.416 e. The van der Waals surface area contributed by atoms with Gasteiger partial charge in [-0.25, -0.2) is 0 Å². The van der Waals surface area contributed by atoms with Crippen molar-refractivity contribution in [3.8, 4) is 28.6 Å². The van der Waals surface area contributed by atoms with E-state index < -0.39 is 11.7 Å². The molecular weight excluding hydrogens is 471 g/mol. The van der Waals surface area contributed by atoms with Gasteiger partial charge in [-0.15, -0.1) is 5.10 Å². The van der Waals surface area contributed by atoms with Crippen LogP contribution < -0.4 is 14.8 Å². The highest BCUT2D eigenvalue weighted by atomic mass is 19.4. The van der Waals surface area contributed by atoms with Gasteiger partial charge in [0.15, 0.2) is 5.82 Å². The summed E-state index contributed by atoms with van der Waals surface area (Å²) in [7, 11) is 1.60. The summed E-state index contributed by atoms with van der Waals surface area (Å²) >= 11 is 0. The molecule has 0 radical (unpaired) electrons. The van der Waals surface area contributed by atoms with Crippen LogP contribution in [0.15, 0.2) is 72.9 Å². The molecule has 2 heterocycles. The second-order valence-corrected chi connectivity index (χ2v) is 7.99. The molecule has 0 saturated heterocycles. The van der Waals surface area contributed by atoms with Crippen molar-refractivity contribution >= 4 is 22.5 Å². The summed E-state index contributed by atoms with van der Waals surface area (Å²) in [6.07, 6.45) is -2.77. The summed E-state index contributed by atoms with van der Waals surface area (Å²) in [4.78, 5) is 8.76. The van der Waals surface area contributed by atoms with E-state index >= 15 is 0 Å². The molecule has 3 aromatic carbocycles. The number of aromatic nitrogens is 4. The number of aromatic amines is 1. The van der Waals surface area contributed by atoms with E-state index in [0.717, 1.165) is 28.6 Å². The predicted octanol–water partition coefficient (Wildman–Crippen LogP) is 6.89. The van der Waals surface area contributed by atoms with Crippen molar-refractivity contribution < 1.29 is 22.6 Å². The van der Waals surface area contributed by atoms with E-state index in [4.69, 9.17) is 9.47 Å². The lowest BCUT2D eigenvalue weighted by atomic mass is 10.1. The number of anilines is 2. The minimum Gasteiger partial charge on any atom is -0.497 e. The lowest BCUT2D eigenvalue weighted by Crippen LogP contribution is -2.05. The second-order valence-electron chi connectivity index (χ2n) is 7.99. The first kappa shape index (κ1) is 23.2. The Balaban J connectivity index is 1.40. The first-order chi connectivity index (χ1) is 17.3. The fourth-order valence-electron chi connectivity index (χ4n) is 3.64. The Morgan fingerprint density at radius 3 is 2.61 bits per heavy atom. The number of fused-ring (bicyclic) bond motifs is 1. The van der Waals surface area contributed by atoms with E-state index in [0.29, 0.717) is 28.6 Å². The SMILES string of the molecule is COc1ccc2c(Oc3cc(-c4nc(Nc5cccc(C(F)(F)F)c5)n[nH]4)ccc3C)ccnc2c1. The second kappa shape index (κ2) is 9.21. The largest absolute Gasteiger partial charge is 0.497 e. The molecule has 2 aromatic heterocycles. The summed E-state index contributed by atoms with van der Waals surface area (Å²) in [5, 5.41) is 10.5. The number of methoxy groups -OCH3 is 1. The summed E-state index contributed by atoms with van der Waals surface area (Å²) in [6.45, 7) is 1.92. The maximum atomic E-state index is 13.0. The van der Waals surface area contributed by atoms with Gasteiger partial charge in [0.2, 0.25) is 5.95 Å². The number of alkyl halides is 3. The van der Waals surface area contributed by atoms with E-state index in [1.165, 1.54) is 12.1 Å². The quantitative estimate of drug-likeness (QED) is 0.269. The molecule has 0 bridgehead atoms. The zero-order valence-corrected chi connectivity index (χ0v) is 19.2. The van der Waals surface area contributed by atoms with Crippen LogP contribution in [0.4, 0.5) is 24.8 Å². The number of rotatable bonds is 6. The fraction of sp³-hybridized carbons (Fsp3) is 0.115. The van der Waals surface area contributed by atoms with Gasteiger partial charge in [0.05, 0.1) is 18.2 Å². The van der Waals surface area contributed by atoms with Gasteiger partial charge in [0.1, 0.15) is 17.2 Å². The smallest absolute Gasteiger partial charge is 0.416 e. The van der Waals surface area contributed by atoms with Crippen LogP contribution in [0.3, 0.4) is 0 Å². The van der Waals surface area contributed by atoms with Gasteiger partial charge < -0.3 is 14.8 Å². The van der Waals surface area contributed by atoms with E-state index in [1.807, 2.05) is 43.3 Å². The van der Waals surface area contributed by atoms with E-state index in [9.17, 15) is 13.2 Å². The molecule has 2 N–H and O–H groups in total. The Bertz CT molecular complexity index is 1550. The summed E-state index contributed by atoms with van der Waals surface area (Å²) in [6, 6.07) is 17.7. The standard InChI is InChI=1S/C26H20F3N5O2/c1-15-6-7-16(12-23(15)36-22-10-11-30-21-14-19(35-2)8-9-20(21)22)24-32-25(34-33-24)31-18-5-3-4-17(13-18)26(27,28)29/h3-14H,1-2H3,(H2,31,32,33,34). The first-order valence-corrected chi connectivity index (χ1v) is 10.9. The molecule has 7 nitrogen and oxygen atoms in total. The van der Waals surface area contributed by atoms with Crippen molar-refractivity contribution in [1.29, 1.82) is 0 Å². The van der Waals surface area contributed by atoms with Crippen molar-refractivity contribution in [1.82, 2.24) is 20.2 Å². The number of H-pyrrole nitrogens is 1. The van der Waals surface area contributed by atoms with Crippen molar-refractivity contribution in [2.24, 2.45) is 0 Å². The Labute approximate surface area is 203 Å². The third-order valence-corrected chi connectivity index (χ3v) is 5.52. The van der Waals surface area contributed by atoms with Crippen LogP contribution in [0.25, 0.3) is 22.3 Å². The third kappa shape index (κ3) is 4.78. The van der Waals surface area contributed by atoms with Gasteiger partial charge in [-0.2, -0.15) is 18.2 Å². The molecule has 0 aliphatic carbocycles. The maximum absolute atomic E-state index is 13.0. The Kier molecular flexibility index (Phi) is 5.93. The minimum absolute atomic E-state index is 0.140. The molecule has 0 fully saturated rings. The van der Waals surface area contributed by atoms with Crippen LogP contribution in [0.1, 0.15) is 11.1 Å². The number of aryl methyl sites for hydroxylation is 1. The molecule has 0 atom stereocenters. The number of nitrogens with one attached hydrogen (secondary N) is 2. The van der Waals surface area contributed by atoms with Gasteiger partial charge in [-0.1, -0.05) is 18.2 Å².